The summed E-state index contributed by atoms with van der Waals surface area (Å²) in [7, 11) is 0. The van der Waals surface area contributed by atoms with E-state index in [0.29, 0.717) is 17.3 Å². The van der Waals surface area contributed by atoms with Crippen LogP contribution in [0.4, 0.5) is 0 Å². The lowest BCUT2D eigenvalue weighted by Crippen LogP contribution is -2.26. The van der Waals surface area contributed by atoms with Crippen LogP contribution in [-0.4, -0.2) is 21.8 Å². The van der Waals surface area contributed by atoms with Gasteiger partial charge >= 0.3 is 0 Å². The minimum atomic E-state index is -0.643. The molecule has 0 spiro atoms. The lowest BCUT2D eigenvalue weighted by molar-refractivity contribution is -0.120. The van der Waals surface area contributed by atoms with Gasteiger partial charge in [0.1, 0.15) is 0 Å². The standard InChI is InChI=1S/C24H27N5O.C7H8.C4H10/c1-13-4-11-20-19(12-27-29-20)21(13)23(22(25)14(2)24(26)30)28-15(3)16-5-7-17(8-6-16)18-9-10-18;1-7-5-3-2-4-6-7;1-3-4-2/h4-8,11-12,14,18H,9-10,25H2,1-3H3,(H2,26,30)(H,27,29);2-6H,1H3;3-4H2,1-2H3/b23-22+,28-15?;;. The summed E-state index contributed by atoms with van der Waals surface area (Å²) >= 11 is 0. The van der Waals surface area contributed by atoms with Crippen LogP contribution in [0.1, 0.15) is 87.1 Å². The summed E-state index contributed by atoms with van der Waals surface area (Å²) in [4.78, 5) is 16.8. The molecule has 0 radical (unpaired) electrons. The number of hydrogen-bond donors (Lipinski definition) is 3. The van der Waals surface area contributed by atoms with E-state index in [1.165, 1.54) is 36.8 Å². The smallest absolute Gasteiger partial charge is 0.226 e. The van der Waals surface area contributed by atoms with Crippen LogP contribution < -0.4 is 11.5 Å². The van der Waals surface area contributed by atoms with Gasteiger partial charge < -0.3 is 11.5 Å². The lowest BCUT2D eigenvalue weighted by Gasteiger charge is -2.16. The summed E-state index contributed by atoms with van der Waals surface area (Å²) in [6.45, 7) is 12.1. The number of nitrogens with zero attached hydrogens (tertiary/aromatic N) is 2. The van der Waals surface area contributed by atoms with Gasteiger partial charge in [-0.15, -0.1) is 0 Å². The molecular formula is C35H45N5O. The van der Waals surface area contributed by atoms with Gasteiger partial charge in [0.15, 0.2) is 0 Å². The minimum Gasteiger partial charge on any atom is -0.400 e. The summed E-state index contributed by atoms with van der Waals surface area (Å²) < 4.78 is 0. The van der Waals surface area contributed by atoms with Crippen molar-refractivity contribution < 1.29 is 4.79 Å². The number of nitrogens with one attached hydrogen (secondary N) is 1. The molecule has 216 valence electrons. The lowest BCUT2D eigenvalue weighted by atomic mass is 9.96. The number of aryl methyl sites for hydroxylation is 2. The molecule has 1 saturated carbocycles. The molecule has 1 aromatic heterocycles. The molecule has 1 aliphatic rings. The van der Waals surface area contributed by atoms with Crippen molar-refractivity contribution in [2.45, 2.75) is 73.1 Å². The van der Waals surface area contributed by atoms with Gasteiger partial charge in [-0.1, -0.05) is 92.9 Å². The monoisotopic (exact) mass is 551 g/mol. The zero-order valence-corrected chi connectivity index (χ0v) is 25.4. The predicted molar refractivity (Wildman–Crippen MR) is 173 cm³/mol. The van der Waals surface area contributed by atoms with Gasteiger partial charge in [-0.3, -0.25) is 14.9 Å². The first-order valence-corrected chi connectivity index (χ1v) is 14.6. The van der Waals surface area contributed by atoms with Gasteiger partial charge in [0, 0.05) is 22.4 Å². The van der Waals surface area contributed by atoms with Crippen LogP contribution in [0.25, 0.3) is 16.6 Å². The normalized spacial score (nSPS) is 14.2. The fourth-order valence-electron chi connectivity index (χ4n) is 4.24. The summed E-state index contributed by atoms with van der Waals surface area (Å²) in [6.07, 6.45) is 6.94. The Morgan fingerprint density at radius 2 is 1.61 bits per heavy atom. The first kappa shape index (κ1) is 31.3. The molecular weight excluding hydrogens is 506 g/mol. The molecule has 0 saturated heterocycles. The number of carbonyl (C=O) groups excluding carboxylic acids is 1. The van der Waals surface area contributed by atoms with Crippen molar-refractivity contribution in [2.24, 2.45) is 22.4 Å². The molecule has 1 heterocycles. The molecule has 5 N–H and O–H groups in total. The Labute approximate surface area is 245 Å². The number of aromatic nitrogens is 2. The first-order chi connectivity index (χ1) is 19.7. The quantitative estimate of drug-likeness (QED) is 0.204. The number of unbranched alkanes of at least 4 members (excludes halogenated alkanes) is 1. The van der Waals surface area contributed by atoms with Crippen LogP contribution in [0.15, 0.2) is 83.6 Å². The number of fused-ring (bicyclic) bond motifs is 1. The fourth-order valence-corrected chi connectivity index (χ4v) is 4.24. The molecule has 41 heavy (non-hydrogen) atoms. The van der Waals surface area contributed by atoms with Crippen molar-refractivity contribution >= 4 is 28.2 Å². The predicted octanol–water partition coefficient (Wildman–Crippen LogP) is 7.81. The second-order valence-corrected chi connectivity index (χ2v) is 10.8. The van der Waals surface area contributed by atoms with Crippen molar-refractivity contribution in [1.82, 2.24) is 10.2 Å². The van der Waals surface area contributed by atoms with E-state index >= 15 is 0 Å². The molecule has 4 aromatic rings. The van der Waals surface area contributed by atoms with Crippen molar-refractivity contribution in [1.29, 1.82) is 0 Å². The van der Waals surface area contributed by atoms with Gasteiger partial charge in [0.05, 0.1) is 23.3 Å². The Kier molecular flexibility index (Phi) is 11.5. The maximum absolute atomic E-state index is 11.9. The van der Waals surface area contributed by atoms with Crippen molar-refractivity contribution in [3.8, 4) is 0 Å². The van der Waals surface area contributed by atoms with Gasteiger partial charge in [-0.05, 0) is 69.2 Å². The molecule has 0 bridgehead atoms. The fraction of sp³-hybridized carbons (Fsp3) is 0.343. The Bertz CT molecular complexity index is 1480. The van der Waals surface area contributed by atoms with Gasteiger partial charge in [0.2, 0.25) is 5.91 Å². The molecule has 1 amide bonds. The van der Waals surface area contributed by atoms with E-state index in [-0.39, 0.29) is 0 Å². The van der Waals surface area contributed by atoms with E-state index < -0.39 is 11.8 Å². The molecule has 1 fully saturated rings. The number of carbonyl (C=O) groups is 1. The maximum atomic E-state index is 11.9. The summed E-state index contributed by atoms with van der Waals surface area (Å²) in [5.74, 6) is -0.417. The third kappa shape index (κ3) is 8.65. The molecule has 6 nitrogen and oxygen atoms in total. The number of H-pyrrole nitrogens is 1. The van der Waals surface area contributed by atoms with E-state index in [0.717, 1.165) is 33.3 Å². The van der Waals surface area contributed by atoms with E-state index in [1.807, 2.05) is 44.2 Å². The SMILES string of the molecule is CC(=N/C(=C(/N)C(C)C(N)=O)c1c(C)ccc2[nH]ncc12)c1ccc(C2CC2)cc1.CCCC.Cc1ccccc1. The average molecular weight is 552 g/mol. The largest absolute Gasteiger partial charge is 0.400 e. The van der Waals surface area contributed by atoms with E-state index in [9.17, 15) is 4.79 Å². The molecule has 0 aliphatic heterocycles. The number of rotatable bonds is 7. The summed E-state index contributed by atoms with van der Waals surface area (Å²) in [6, 6.07) is 22.8. The minimum absolute atomic E-state index is 0.355. The van der Waals surface area contributed by atoms with E-state index in [1.54, 1.807) is 13.1 Å². The Hall–Kier alpha value is -4.19. The van der Waals surface area contributed by atoms with E-state index in [4.69, 9.17) is 16.5 Å². The highest BCUT2D eigenvalue weighted by Crippen LogP contribution is 2.40. The molecule has 1 aliphatic carbocycles. The van der Waals surface area contributed by atoms with Crippen LogP contribution >= 0.6 is 0 Å². The number of aromatic amines is 1. The number of aliphatic imine (C=N–C) groups is 1. The Morgan fingerprint density at radius 1 is 0.976 bits per heavy atom. The van der Waals surface area contributed by atoms with E-state index in [2.05, 4.69) is 67.4 Å². The molecule has 1 atom stereocenters. The number of benzene rings is 3. The zero-order chi connectivity index (χ0) is 29.9. The maximum Gasteiger partial charge on any atom is 0.226 e. The highest BCUT2D eigenvalue weighted by molar-refractivity contribution is 6.04. The second-order valence-electron chi connectivity index (χ2n) is 10.8. The zero-order valence-electron chi connectivity index (χ0n) is 25.4. The van der Waals surface area contributed by atoms with Crippen LogP contribution in [0, 0.1) is 19.8 Å². The third-order valence-corrected chi connectivity index (χ3v) is 7.33. The van der Waals surface area contributed by atoms with Gasteiger partial charge in [0.25, 0.3) is 0 Å². The van der Waals surface area contributed by atoms with Crippen LogP contribution in [0.5, 0.6) is 0 Å². The van der Waals surface area contributed by atoms with Crippen LogP contribution in [0.2, 0.25) is 0 Å². The van der Waals surface area contributed by atoms with Gasteiger partial charge in [-0.25, -0.2) is 0 Å². The first-order valence-electron chi connectivity index (χ1n) is 14.6. The third-order valence-electron chi connectivity index (χ3n) is 7.33. The van der Waals surface area contributed by atoms with Crippen LogP contribution in [-0.2, 0) is 4.79 Å². The number of primary amides is 1. The number of nitrogens with two attached hydrogens (primary N) is 2. The van der Waals surface area contributed by atoms with Crippen molar-refractivity contribution in [3.05, 3.63) is 106 Å². The topological polar surface area (TPSA) is 110 Å². The van der Waals surface area contributed by atoms with Crippen molar-refractivity contribution in [3.63, 3.8) is 0 Å². The molecule has 6 heteroatoms. The average Bonchev–Trinajstić information content (AvgIpc) is 3.73. The molecule has 5 rings (SSSR count). The number of hydrogen-bond acceptors (Lipinski definition) is 4. The van der Waals surface area contributed by atoms with Crippen molar-refractivity contribution in [2.75, 3.05) is 0 Å². The molecule has 3 aromatic carbocycles. The second kappa shape index (κ2) is 15.0. The molecule has 1 unspecified atom stereocenters. The van der Waals surface area contributed by atoms with Gasteiger partial charge in [-0.2, -0.15) is 5.10 Å². The number of amides is 1. The Morgan fingerprint density at radius 3 is 2.12 bits per heavy atom. The van der Waals surface area contributed by atoms with Crippen LogP contribution in [0.3, 0.4) is 0 Å². The summed E-state index contributed by atoms with van der Waals surface area (Å²) in [5, 5.41) is 8.06. The highest BCUT2D eigenvalue weighted by Gasteiger charge is 2.23. The highest BCUT2D eigenvalue weighted by atomic mass is 16.1. The summed E-state index contributed by atoms with van der Waals surface area (Å²) in [5.41, 5.74) is 20.2. The Balaban J connectivity index is 0.000000353.